The molecule has 0 spiro atoms. The van der Waals surface area contributed by atoms with E-state index in [1.807, 2.05) is 6.92 Å². The number of ether oxygens (including phenoxy) is 1. The van der Waals surface area contributed by atoms with Gasteiger partial charge >= 0.3 is 0 Å². The Bertz CT molecular complexity index is 269. The molecule has 1 amide bonds. The highest BCUT2D eigenvalue weighted by atomic mass is 16.5. The van der Waals surface area contributed by atoms with Crippen LogP contribution in [0.5, 0.6) is 0 Å². The molecule has 1 aliphatic heterocycles. The predicted octanol–water partition coefficient (Wildman–Crippen LogP) is 0.908. The molecule has 0 radical (unpaired) electrons. The number of morpholine rings is 1. The van der Waals surface area contributed by atoms with E-state index in [1.165, 1.54) is 0 Å². The molecule has 0 saturated carbocycles. The normalized spacial score (nSPS) is 20.9. The van der Waals surface area contributed by atoms with Crippen LogP contribution in [0.2, 0.25) is 0 Å². The van der Waals surface area contributed by atoms with Gasteiger partial charge in [0.25, 0.3) is 0 Å². The molecule has 0 aliphatic carbocycles. The van der Waals surface area contributed by atoms with Crippen molar-refractivity contribution in [1.29, 1.82) is 0 Å². The number of hydrogen-bond acceptors (Lipinski definition) is 3. The van der Waals surface area contributed by atoms with Crippen LogP contribution in [0.1, 0.15) is 6.92 Å². The molecule has 1 saturated heterocycles. The fourth-order valence-electron chi connectivity index (χ4n) is 1.92. The lowest BCUT2D eigenvalue weighted by Crippen LogP contribution is -2.47. The van der Waals surface area contributed by atoms with Gasteiger partial charge in [0.05, 0.1) is 19.3 Å². The molecule has 0 aromatic heterocycles. The zero-order chi connectivity index (χ0) is 12.7. The summed E-state index contributed by atoms with van der Waals surface area (Å²) in [7, 11) is 0. The van der Waals surface area contributed by atoms with Gasteiger partial charge < -0.3 is 9.64 Å². The first-order chi connectivity index (χ1) is 8.17. The molecule has 1 rings (SSSR count). The molecule has 4 nitrogen and oxygen atoms in total. The monoisotopic (exact) mass is 238 g/mol. The lowest BCUT2D eigenvalue weighted by Gasteiger charge is -2.32. The number of amides is 1. The van der Waals surface area contributed by atoms with Crippen molar-refractivity contribution < 1.29 is 9.53 Å². The van der Waals surface area contributed by atoms with Crippen LogP contribution >= 0.6 is 0 Å². The minimum absolute atomic E-state index is 0.124. The fraction of sp³-hybridized carbons (Fsp3) is 0.615. The summed E-state index contributed by atoms with van der Waals surface area (Å²) in [5, 5.41) is 0. The van der Waals surface area contributed by atoms with Crippen LogP contribution in [0.4, 0.5) is 0 Å². The van der Waals surface area contributed by atoms with Gasteiger partial charge in [-0.1, -0.05) is 12.2 Å². The molecule has 0 aromatic rings. The zero-order valence-electron chi connectivity index (χ0n) is 10.6. The quantitative estimate of drug-likeness (QED) is 0.645. The Morgan fingerprint density at radius 1 is 1.47 bits per heavy atom. The van der Waals surface area contributed by atoms with Gasteiger partial charge in [-0.15, -0.1) is 13.2 Å². The second-order valence-corrected chi connectivity index (χ2v) is 4.29. The second-order valence-electron chi connectivity index (χ2n) is 4.29. The number of nitrogens with zero attached hydrogens (tertiary/aromatic N) is 2. The number of rotatable bonds is 6. The molecule has 1 unspecified atom stereocenters. The highest BCUT2D eigenvalue weighted by Crippen LogP contribution is 2.05. The predicted molar refractivity (Wildman–Crippen MR) is 68.8 cm³/mol. The average molecular weight is 238 g/mol. The first kappa shape index (κ1) is 13.9. The molecule has 17 heavy (non-hydrogen) atoms. The van der Waals surface area contributed by atoms with Crippen molar-refractivity contribution >= 4 is 5.91 Å². The summed E-state index contributed by atoms with van der Waals surface area (Å²) in [5.41, 5.74) is 0. The van der Waals surface area contributed by atoms with E-state index in [4.69, 9.17) is 4.74 Å². The van der Waals surface area contributed by atoms with Crippen LogP contribution in [0.15, 0.2) is 25.3 Å². The molecule has 0 N–H and O–H groups in total. The van der Waals surface area contributed by atoms with Crippen LogP contribution < -0.4 is 0 Å². The highest BCUT2D eigenvalue weighted by molar-refractivity contribution is 5.78. The number of carbonyl (C=O) groups excluding carboxylic acids is 1. The van der Waals surface area contributed by atoms with Gasteiger partial charge in [-0.2, -0.15) is 0 Å². The van der Waals surface area contributed by atoms with E-state index < -0.39 is 0 Å². The molecular weight excluding hydrogens is 216 g/mol. The van der Waals surface area contributed by atoms with Crippen LogP contribution in [-0.2, 0) is 9.53 Å². The first-order valence-corrected chi connectivity index (χ1v) is 6.01. The number of hydrogen-bond donors (Lipinski definition) is 0. The third-order valence-corrected chi connectivity index (χ3v) is 2.74. The zero-order valence-corrected chi connectivity index (χ0v) is 10.6. The van der Waals surface area contributed by atoms with Gasteiger partial charge in [0.1, 0.15) is 0 Å². The number of carbonyl (C=O) groups is 1. The van der Waals surface area contributed by atoms with Gasteiger partial charge in [0, 0.05) is 26.2 Å². The highest BCUT2D eigenvalue weighted by Gasteiger charge is 2.20. The Kier molecular flexibility index (Phi) is 5.94. The van der Waals surface area contributed by atoms with E-state index in [1.54, 1.807) is 17.1 Å². The smallest absolute Gasteiger partial charge is 0.237 e. The van der Waals surface area contributed by atoms with Crippen molar-refractivity contribution in [1.82, 2.24) is 9.80 Å². The van der Waals surface area contributed by atoms with Crippen molar-refractivity contribution in [2.45, 2.75) is 13.0 Å². The fourth-order valence-corrected chi connectivity index (χ4v) is 1.92. The summed E-state index contributed by atoms with van der Waals surface area (Å²) in [4.78, 5) is 15.9. The SMILES string of the molecule is C=CCN(CC=C)C(=O)CN1CCOC(C)C1. The van der Waals surface area contributed by atoms with Gasteiger partial charge in [-0.05, 0) is 6.92 Å². The lowest BCUT2D eigenvalue weighted by molar-refractivity contribution is -0.133. The maximum Gasteiger partial charge on any atom is 0.237 e. The molecule has 1 heterocycles. The van der Waals surface area contributed by atoms with Crippen LogP contribution in [0.25, 0.3) is 0 Å². The van der Waals surface area contributed by atoms with E-state index in [0.717, 1.165) is 13.1 Å². The average Bonchev–Trinajstić information content (AvgIpc) is 2.28. The molecule has 1 aliphatic rings. The molecular formula is C13H22N2O2. The minimum atomic E-state index is 0.124. The van der Waals surface area contributed by atoms with E-state index in [2.05, 4.69) is 18.1 Å². The molecule has 4 heteroatoms. The summed E-state index contributed by atoms with van der Waals surface area (Å²) < 4.78 is 5.45. The van der Waals surface area contributed by atoms with Crippen molar-refractivity contribution in [3.63, 3.8) is 0 Å². The van der Waals surface area contributed by atoms with Crippen molar-refractivity contribution in [3.05, 3.63) is 25.3 Å². The van der Waals surface area contributed by atoms with Crippen molar-refractivity contribution in [2.24, 2.45) is 0 Å². The Hall–Kier alpha value is -1.13. The lowest BCUT2D eigenvalue weighted by atomic mass is 10.3. The third-order valence-electron chi connectivity index (χ3n) is 2.74. The first-order valence-electron chi connectivity index (χ1n) is 6.01. The molecule has 0 aromatic carbocycles. The van der Waals surface area contributed by atoms with Gasteiger partial charge in [-0.3, -0.25) is 9.69 Å². The second kappa shape index (κ2) is 7.25. The Labute approximate surface area is 104 Å². The Morgan fingerprint density at radius 2 is 2.12 bits per heavy atom. The van der Waals surface area contributed by atoms with E-state index in [9.17, 15) is 4.79 Å². The standard InChI is InChI=1S/C13H22N2O2/c1-4-6-15(7-5-2)13(16)11-14-8-9-17-12(3)10-14/h4-5,12H,1-2,6-11H2,3H3. The molecule has 0 bridgehead atoms. The Morgan fingerprint density at radius 3 is 2.65 bits per heavy atom. The van der Waals surface area contributed by atoms with Crippen molar-refractivity contribution in [3.8, 4) is 0 Å². The maximum absolute atomic E-state index is 12.0. The maximum atomic E-state index is 12.0. The topological polar surface area (TPSA) is 32.8 Å². The summed E-state index contributed by atoms with van der Waals surface area (Å²) in [6.45, 7) is 13.3. The molecule has 1 fully saturated rings. The van der Waals surface area contributed by atoms with E-state index in [0.29, 0.717) is 26.2 Å². The summed E-state index contributed by atoms with van der Waals surface area (Å²) in [5.74, 6) is 0.124. The largest absolute Gasteiger partial charge is 0.376 e. The van der Waals surface area contributed by atoms with Gasteiger partial charge in [0.15, 0.2) is 0 Å². The van der Waals surface area contributed by atoms with E-state index in [-0.39, 0.29) is 12.0 Å². The van der Waals surface area contributed by atoms with E-state index >= 15 is 0 Å². The third kappa shape index (κ3) is 4.71. The van der Waals surface area contributed by atoms with Gasteiger partial charge in [0.2, 0.25) is 5.91 Å². The molecule has 96 valence electrons. The summed E-state index contributed by atoms with van der Waals surface area (Å²) in [6.07, 6.45) is 3.69. The van der Waals surface area contributed by atoms with Gasteiger partial charge in [-0.25, -0.2) is 0 Å². The van der Waals surface area contributed by atoms with Crippen LogP contribution in [0.3, 0.4) is 0 Å². The Balaban J connectivity index is 2.44. The van der Waals surface area contributed by atoms with Crippen LogP contribution in [0, 0.1) is 0 Å². The molecule has 1 atom stereocenters. The summed E-state index contributed by atoms with van der Waals surface area (Å²) >= 11 is 0. The van der Waals surface area contributed by atoms with Crippen molar-refractivity contribution in [2.75, 3.05) is 39.3 Å². The minimum Gasteiger partial charge on any atom is -0.376 e. The van der Waals surface area contributed by atoms with Crippen LogP contribution in [-0.4, -0.2) is 61.1 Å². The summed E-state index contributed by atoms with van der Waals surface area (Å²) in [6, 6.07) is 0.